The van der Waals surface area contributed by atoms with Crippen LogP contribution in [-0.4, -0.2) is 23.6 Å². The minimum Gasteiger partial charge on any atom is -0.497 e. The number of hydrogen-bond donors (Lipinski definition) is 1. The van der Waals surface area contributed by atoms with E-state index in [4.69, 9.17) is 4.74 Å². The fourth-order valence-corrected chi connectivity index (χ4v) is 1.99. The van der Waals surface area contributed by atoms with Crippen LogP contribution in [-0.2, 0) is 0 Å². The highest BCUT2D eigenvalue weighted by Gasteiger charge is 2.16. The first kappa shape index (κ1) is 14.5. The van der Waals surface area contributed by atoms with Crippen molar-refractivity contribution in [2.45, 2.75) is 26.3 Å². The molecule has 0 amide bonds. The summed E-state index contributed by atoms with van der Waals surface area (Å²) in [6, 6.07) is 8.04. The zero-order valence-corrected chi connectivity index (χ0v) is 12.3. The van der Waals surface area contributed by atoms with Crippen LogP contribution in [0.5, 0.6) is 5.75 Å². The Morgan fingerprint density at radius 2 is 1.80 bits per heavy atom. The largest absolute Gasteiger partial charge is 0.497 e. The smallest absolute Gasteiger partial charge is 0.149 e. The van der Waals surface area contributed by atoms with Gasteiger partial charge in [-0.25, -0.2) is 9.97 Å². The predicted octanol–water partition coefficient (Wildman–Crippen LogP) is 2.88. The van der Waals surface area contributed by atoms with Crippen molar-refractivity contribution in [3.63, 3.8) is 0 Å². The Balaban J connectivity index is 2.27. The van der Waals surface area contributed by atoms with Gasteiger partial charge in [0.15, 0.2) is 0 Å². The van der Waals surface area contributed by atoms with Crippen molar-refractivity contribution in [1.29, 1.82) is 0 Å². The van der Waals surface area contributed by atoms with Gasteiger partial charge in [-0.15, -0.1) is 0 Å². The molecule has 0 saturated heterocycles. The molecule has 1 atom stereocenters. The van der Waals surface area contributed by atoms with Gasteiger partial charge in [0.25, 0.3) is 0 Å². The van der Waals surface area contributed by atoms with E-state index in [0.29, 0.717) is 0 Å². The highest BCUT2D eigenvalue weighted by molar-refractivity contribution is 5.32. The van der Waals surface area contributed by atoms with E-state index in [-0.39, 0.29) is 6.04 Å². The van der Waals surface area contributed by atoms with Crippen molar-refractivity contribution in [2.75, 3.05) is 13.7 Å². The number of hydrogen-bond acceptors (Lipinski definition) is 4. The third kappa shape index (κ3) is 3.54. The molecule has 0 spiro atoms. The molecule has 2 rings (SSSR count). The Hall–Kier alpha value is -1.94. The molecule has 0 radical (unpaired) electrons. The molecule has 0 bridgehead atoms. The molecule has 1 aromatic heterocycles. The van der Waals surface area contributed by atoms with Gasteiger partial charge < -0.3 is 10.1 Å². The molecule has 0 aliphatic heterocycles. The summed E-state index contributed by atoms with van der Waals surface area (Å²) in [5, 5.41) is 3.49. The lowest BCUT2D eigenvalue weighted by molar-refractivity contribution is 0.414. The minimum absolute atomic E-state index is 0.0152. The lowest BCUT2D eigenvalue weighted by Crippen LogP contribution is -2.25. The third-order valence-electron chi connectivity index (χ3n) is 3.11. The molecule has 0 saturated carbocycles. The number of aryl methyl sites for hydroxylation is 1. The number of nitrogens with zero attached hydrogens (tertiary/aromatic N) is 2. The lowest BCUT2D eigenvalue weighted by Gasteiger charge is -2.18. The molecule has 106 valence electrons. The van der Waals surface area contributed by atoms with Crippen molar-refractivity contribution in [3.8, 4) is 5.75 Å². The van der Waals surface area contributed by atoms with Gasteiger partial charge in [0.05, 0.1) is 13.2 Å². The van der Waals surface area contributed by atoms with Gasteiger partial charge in [0, 0.05) is 12.4 Å². The van der Waals surface area contributed by atoms with E-state index in [0.717, 1.165) is 35.7 Å². The van der Waals surface area contributed by atoms with E-state index >= 15 is 0 Å². The van der Waals surface area contributed by atoms with Gasteiger partial charge in [-0.1, -0.05) is 19.1 Å². The highest BCUT2D eigenvalue weighted by atomic mass is 16.5. The average molecular weight is 271 g/mol. The van der Waals surface area contributed by atoms with E-state index in [1.165, 1.54) is 0 Å². The summed E-state index contributed by atoms with van der Waals surface area (Å²) in [5.74, 6) is 1.65. The molecule has 1 unspecified atom stereocenters. The van der Waals surface area contributed by atoms with Crippen LogP contribution in [0.15, 0.2) is 36.7 Å². The fraction of sp³-hybridized carbons (Fsp3) is 0.375. The molecule has 1 N–H and O–H groups in total. The first-order valence-corrected chi connectivity index (χ1v) is 6.90. The summed E-state index contributed by atoms with van der Waals surface area (Å²) >= 11 is 0. The normalized spacial score (nSPS) is 12.2. The topological polar surface area (TPSA) is 47.0 Å². The first-order valence-electron chi connectivity index (χ1n) is 6.90. The van der Waals surface area contributed by atoms with Crippen LogP contribution in [0, 0.1) is 6.92 Å². The van der Waals surface area contributed by atoms with E-state index in [1.807, 2.05) is 31.5 Å². The summed E-state index contributed by atoms with van der Waals surface area (Å²) in [4.78, 5) is 8.89. The van der Waals surface area contributed by atoms with Crippen LogP contribution >= 0.6 is 0 Å². The van der Waals surface area contributed by atoms with Crippen LogP contribution in [0.25, 0.3) is 0 Å². The summed E-state index contributed by atoms with van der Waals surface area (Å²) in [5.41, 5.74) is 2.21. The maximum atomic E-state index is 5.20. The summed E-state index contributed by atoms with van der Waals surface area (Å²) in [7, 11) is 1.67. The Morgan fingerprint density at radius 3 is 2.35 bits per heavy atom. The number of benzene rings is 1. The Kier molecular flexibility index (Phi) is 5.07. The van der Waals surface area contributed by atoms with Gasteiger partial charge in [-0.05, 0) is 43.1 Å². The monoisotopic (exact) mass is 271 g/mol. The van der Waals surface area contributed by atoms with E-state index in [9.17, 15) is 0 Å². The summed E-state index contributed by atoms with van der Waals surface area (Å²) in [6.07, 6.45) is 4.78. The van der Waals surface area contributed by atoms with Crippen LogP contribution < -0.4 is 10.1 Å². The zero-order valence-electron chi connectivity index (χ0n) is 12.3. The van der Waals surface area contributed by atoms with Crippen molar-refractivity contribution in [1.82, 2.24) is 15.3 Å². The van der Waals surface area contributed by atoms with E-state index < -0.39 is 0 Å². The molecule has 0 aliphatic rings. The second-order valence-electron chi connectivity index (χ2n) is 4.78. The molecule has 4 nitrogen and oxygen atoms in total. The second-order valence-corrected chi connectivity index (χ2v) is 4.78. The number of rotatable bonds is 6. The molecular formula is C16H21N3O. The van der Waals surface area contributed by atoms with E-state index in [2.05, 4.69) is 34.3 Å². The maximum absolute atomic E-state index is 5.20. The first-order chi connectivity index (χ1) is 9.74. The van der Waals surface area contributed by atoms with Crippen LogP contribution in [0.1, 0.15) is 36.3 Å². The van der Waals surface area contributed by atoms with E-state index in [1.54, 1.807) is 7.11 Å². The SMILES string of the molecule is CCCNC(c1ccc(OC)cc1)c1ncc(C)cn1. The Labute approximate surface area is 120 Å². The van der Waals surface area contributed by atoms with Crippen LogP contribution in [0.3, 0.4) is 0 Å². The van der Waals surface area contributed by atoms with Crippen molar-refractivity contribution in [3.05, 3.63) is 53.6 Å². The highest BCUT2D eigenvalue weighted by Crippen LogP contribution is 2.21. The quantitative estimate of drug-likeness (QED) is 0.877. The van der Waals surface area contributed by atoms with Crippen molar-refractivity contribution in [2.24, 2.45) is 0 Å². The maximum Gasteiger partial charge on any atom is 0.149 e. The van der Waals surface area contributed by atoms with Crippen LogP contribution in [0.2, 0.25) is 0 Å². The van der Waals surface area contributed by atoms with Gasteiger partial charge in [-0.3, -0.25) is 0 Å². The molecule has 0 aliphatic carbocycles. The number of ether oxygens (including phenoxy) is 1. The fourth-order valence-electron chi connectivity index (χ4n) is 1.99. The molecule has 0 fully saturated rings. The van der Waals surface area contributed by atoms with Gasteiger partial charge in [-0.2, -0.15) is 0 Å². The van der Waals surface area contributed by atoms with Gasteiger partial charge in [0.2, 0.25) is 0 Å². The zero-order chi connectivity index (χ0) is 14.4. The van der Waals surface area contributed by atoms with Crippen molar-refractivity contribution >= 4 is 0 Å². The molecule has 20 heavy (non-hydrogen) atoms. The number of nitrogens with one attached hydrogen (secondary N) is 1. The Bertz CT molecular complexity index is 522. The standard InChI is InChI=1S/C16H21N3O/c1-4-9-17-15(16-18-10-12(2)11-19-16)13-5-7-14(20-3)8-6-13/h5-8,10-11,15,17H,4,9H2,1-3H3. The van der Waals surface area contributed by atoms with Gasteiger partial charge >= 0.3 is 0 Å². The lowest BCUT2D eigenvalue weighted by atomic mass is 10.1. The minimum atomic E-state index is 0.0152. The number of aromatic nitrogens is 2. The van der Waals surface area contributed by atoms with Crippen LogP contribution in [0.4, 0.5) is 0 Å². The Morgan fingerprint density at radius 1 is 1.15 bits per heavy atom. The molecule has 2 aromatic rings. The predicted molar refractivity (Wildman–Crippen MR) is 79.9 cm³/mol. The molecule has 4 heteroatoms. The molecular weight excluding hydrogens is 250 g/mol. The molecule has 1 heterocycles. The average Bonchev–Trinajstić information content (AvgIpc) is 2.50. The second kappa shape index (κ2) is 7.01. The third-order valence-corrected chi connectivity index (χ3v) is 3.11. The van der Waals surface area contributed by atoms with Crippen molar-refractivity contribution < 1.29 is 4.74 Å². The summed E-state index contributed by atoms with van der Waals surface area (Å²) < 4.78 is 5.20. The number of methoxy groups -OCH3 is 1. The summed E-state index contributed by atoms with van der Waals surface area (Å²) in [6.45, 7) is 5.06. The van der Waals surface area contributed by atoms with Gasteiger partial charge in [0.1, 0.15) is 11.6 Å². The molecule has 1 aromatic carbocycles.